The van der Waals surface area contributed by atoms with Crippen LogP contribution in [0, 0.1) is 0 Å². The maximum Gasteiger partial charge on any atom is 0.296 e. The van der Waals surface area contributed by atoms with Gasteiger partial charge in [0.25, 0.3) is 20.2 Å². The van der Waals surface area contributed by atoms with Crippen LogP contribution in [0.2, 0.25) is 5.02 Å². The predicted octanol–water partition coefficient (Wildman–Crippen LogP) is 3.69. The predicted molar refractivity (Wildman–Crippen MR) is 105 cm³/mol. The third-order valence-electron chi connectivity index (χ3n) is 3.84. The molecular formula is C16H12ClN3O7S2. The Balaban J connectivity index is 2.36. The molecule has 0 aromatic heterocycles. The number of fused-ring (bicyclic) bond motifs is 1. The molecule has 3 aromatic rings. The van der Waals surface area contributed by atoms with Crippen molar-refractivity contribution in [2.45, 2.75) is 9.79 Å². The lowest BCUT2D eigenvalue weighted by molar-refractivity contribution is 0.472. The van der Waals surface area contributed by atoms with Crippen LogP contribution in [-0.2, 0) is 20.2 Å². The average Bonchev–Trinajstić information content (AvgIpc) is 2.60. The number of anilines is 1. The summed E-state index contributed by atoms with van der Waals surface area (Å²) in [6, 6.07) is 8.81. The summed E-state index contributed by atoms with van der Waals surface area (Å²) < 4.78 is 65.1. The van der Waals surface area contributed by atoms with E-state index in [-0.39, 0.29) is 27.2 Å². The maximum atomic E-state index is 11.8. The summed E-state index contributed by atoms with van der Waals surface area (Å²) in [5.41, 5.74) is 5.01. The Labute approximate surface area is 169 Å². The van der Waals surface area contributed by atoms with Gasteiger partial charge >= 0.3 is 0 Å². The van der Waals surface area contributed by atoms with Crippen LogP contribution in [0.5, 0.6) is 5.75 Å². The third kappa shape index (κ3) is 4.16. The van der Waals surface area contributed by atoms with E-state index in [4.69, 9.17) is 17.3 Å². The molecule has 0 aliphatic rings. The summed E-state index contributed by atoms with van der Waals surface area (Å²) in [6.07, 6.45) is 0. The Morgan fingerprint density at radius 2 is 1.59 bits per heavy atom. The van der Waals surface area contributed by atoms with Crippen molar-refractivity contribution in [3.8, 4) is 5.75 Å². The molecule has 0 radical (unpaired) electrons. The Morgan fingerprint density at radius 1 is 0.931 bits per heavy atom. The number of nitrogen functional groups attached to an aromatic ring is 1. The molecule has 0 aliphatic heterocycles. The number of azo groups is 1. The van der Waals surface area contributed by atoms with Crippen LogP contribution >= 0.6 is 11.6 Å². The van der Waals surface area contributed by atoms with E-state index >= 15 is 0 Å². The number of nitrogens with zero attached hydrogens (tertiary/aromatic N) is 2. The van der Waals surface area contributed by atoms with E-state index in [1.54, 1.807) is 12.1 Å². The molecule has 152 valence electrons. The summed E-state index contributed by atoms with van der Waals surface area (Å²) >= 11 is 5.96. The molecule has 0 fully saturated rings. The third-order valence-corrected chi connectivity index (χ3v) is 5.86. The molecule has 0 atom stereocenters. The van der Waals surface area contributed by atoms with Gasteiger partial charge in [-0.1, -0.05) is 23.7 Å². The van der Waals surface area contributed by atoms with Crippen molar-refractivity contribution in [1.29, 1.82) is 0 Å². The Hall–Kier alpha value is -2.77. The second-order valence-corrected chi connectivity index (χ2v) is 9.00. The summed E-state index contributed by atoms with van der Waals surface area (Å²) in [7, 11) is -9.59. The topological polar surface area (TPSA) is 180 Å². The van der Waals surface area contributed by atoms with Crippen molar-refractivity contribution in [2.75, 3.05) is 5.73 Å². The fourth-order valence-electron chi connectivity index (χ4n) is 2.57. The van der Waals surface area contributed by atoms with Gasteiger partial charge in [0, 0.05) is 11.1 Å². The standard InChI is InChI=1S/C16H12ClN3O7S2/c17-10-3-1-2-4-12(10)19-20-15-13(29(25,26)27)6-8-5-9(28(22,23)24)7-11(18)14(8)16(15)21/h1-7,21H,18H2,(H,22,23,24)(H,25,26,27). The van der Waals surface area contributed by atoms with Gasteiger partial charge < -0.3 is 10.8 Å². The molecule has 3 rings (SSSR count). The molecule has 0 bridgehead atoms. The molecule has 3 aromatic carbocycles. The Kier molecular flexibility index (Phi) is 5.23. The Morgan fingerprint density at radius 3 is 2.17 bits per heavy atom. The zero-order valence-corrected chi connectivity index (χ0v) is 16.6. The molecule has 10 nitrogen and oxygen atoms in total. The molecule has 0 heterocycles. The van der Waals surface area contributed by atoms with Gasteiger partial charge in [-0.05, 0) is 35.7 Å². The first-order chi connectivity index (χ1) is 13.4. The first-order valence-corrected chi connectivity index (χ1v) is 10.9. The number of phenols is 1. The molecule has 29 heavy (non-hydrogen) atoms. The zero-order valence-electron chi connectivity index (χ0n) is 14.2. The number of nitrogens with two attached hydrogens (primary N) is 1. The van der Waals surface area contributed by atoms with Crippen LogP contribution in [0.4, 0.5) is 17.1 Å². The molecule has 5 N–H and O–H groups in total. The zero-order chi connectivity index (χ0) is 21.6. The number of hydrogen-bond donors (Lipinski definition) is 4. The SMILES string of the molecule is Nc1cc(S(=O)(=O)O)cc2cc(S(=O)(=O)O)c(N=Nc3ccccc3Cl)c(O)c12. The fourth-order valence-corrected chi connectivity index (χ4v) is 3.95. The van der Waals surface area contributed by atoms with E-state index < -0.39 is 41.5 Å². The lowest BCUT2D eigenvalue weighted by Gasteiger charge is -2.12. The molecule has 0 saturated heterocycles. The van der Waals surface area contributed by atoms with Crippen molar-refractivity contribution in [2.24, 2.45) is 10.2 Å². The first-order valence-electron chi connectivity index (χ1n) is 7.60. The summed E-state index contributed by atoms with van der Waals surface area (Å²) in [5.74, 6) is -0.773. The van der Waals surface area contributed by atoms with Crippen LogP contribution < -0.4 is 5.73 Å². The average molecular weight is 458 g/mol. The lowest BCUT2D eigenvalue weighted by Crippen LogP contribution is -2.02. The van der Waals surface area contributed by atoms with Crippen LogP contribution in [0.25, 0.3) is 10.8 Å². The number of halogens is 1. The molecule has 13 heteroatoms. The van der Waals surface area contributed by atoms with Gasteiger partial charge in [0.05, 0.1) is 9.92 Å². The molecular weight excluding hydrogens is 446 g/mol. The number of aromatic hydroxyl groups is 1. The van der Waals surface area contributed by atoms with Crippen molar-refractivity contribution in [3.63, 3.8) is 0 Å². The number of benzene rings is 3. The van der Waals surface area contributed by atoms with Crippen molar-refractivity contribution < 1.29 is 31.0 Å². The largest absolute Gasteiger partial charge is 0.505 e. The van der Waals surface area contributed by atoms with Crippen LogP contribution in [0.3, 0.4) is 0 Å². The van der Waals surface area contributed by atoms with Gasteiger partial charge in [-0.15, -0.1) is 10.2 Å². The first kappa shape index (κ1) is 21.0. The molecule has 0 spiro atoms. The maximum absolute atomic E-state index is 11.8. The van der Waals surface area contributed by atoms with Crippen LogP contribution in [-0.4, -0.2) is 31.0 Å². The summed E-state index contributed by atoms with van der Waals surface area (Å²) in [4.78, 5) is -1.49. The van der Waals surface area contributed by atoms with Crippen molar-refractivity contribution >= 4 is 59.7 Å². The summed E-state index contributed by atoms with van der Waals surface area (Å²) in [6.45, 7) is 0. The van der Waals surface area contributed by atoms with E-state index in [0.29, 0.717) is 0 Å². The van der Waals surface area contributed by atoms with E-state index in [1.807, 2.05) is 0 Å². The second kappa shape index (κ2) is 7.24. The van der Waals surface area contributed by atoms with E-state index in [1.165, 1.54) is 12.1 Å². The number of phenolic OH excluding ortho intramolecular Hbond substituents is 1. The van der Waals surface area contributed by atoms with Gasteiger partial charge in [0.15, 0.2) is 5.75 Å². The quantitative estimate of drug-likeness (QED) is 0.260. The van der Waals surface area contributed by atoms with Gasteiger partial charge in [-0.2, -0.15) is 16.8 Å². The lowest BCUT2D eigenvalue weighted by atomic mass is 10.1. The highest BCUT2D eigenvalue weighted by Crippen LogP contribution is 2.44. The Bertz CT molecular complexity index is 1390. The molecule has 0 unspecified atom stereocenters. The van der Waals surface area contributed by atoms with Gasteiger partial charge in [-0.3, -0.25) is 9.11 Å². The van der Waals surface area contributed by atoms with Gasteiger partial charge in [0.1, 0.15) is 16.3 Å². The number of hydrogen-bond acceptors (Lipinski definition) is 8. The fraction of sp³-hybridized carbons (Fsp3) is 0. The van der Waals surface area contributed by atoms with E-state index in [2.05, 4.69) is 10.2 Å². The second-order valence-electron chi connectivity index (χ2n) is 5.78. The van der Waals surface area contributed by atoms with Crippen LogP contribution in [0.15, 0.2) is 62.5 Å². The molecule has 0 amide bonds. The molecule has 0 aliphatic carbocycles. The molecule has 0 saturated carbocycles. The van der Waals surface area contributed by atoms with E-state index in [0.717, 1.165) is 18.2 Å². The monoisotopic (exact) mass is 457 g/mol. The normalized spacial score (nSPS) is 12.7. The minimum absolute atomic E-state index is 0.155. The van der Waals surface area contributed by atoms with E-state index in [9.17, 15) is 31.0 Å². The minimum Gasteiger partial charge on any atom is -0.505 e. The van der Waals surface area contributed by atoms with Crippen LogP contribution in [0.1, 0.15) is 0 Å². The summed E-state index contributed by atoms with van der Waals surface area (Å²) in [5, 5.41) is 17.9. The smallest absolute Gasteiger partial charge is 0.296 e. The van der Waals surface area contributed by atoms with Gasteiger partial charge in [-0.25, -0.2) is 0 Å². The van der Waals surface area contributed by atoms with Gasteiger partial charge in [0.2, 0.25) is 0 Å². The van der Waals surface area contributed by atoms with Crippen molar-refractivity contribution in [1.82, 2.24) is 0 Å². The minimum atomic E-state index is -4.92. The highest BCUT2D eigenvalue weighted by Gasteiger charge is 2.24. The number of rotatable bonds is 4. The highest BCUT2D eigenvalue weighted by molar-refractivity contribution is 7.86. The highest BCUT2D eigenvalue weighted by atomic mass is 35.5. The van der Waals surface area contributed by atoms with Crippen molar-refractivity contribution in [3.05, 3.63) is 47.5 Å².